The van der Waals surface area contributed by atoms with Gasteiger partial charge in [0.05, 0.1) is 11.5 Å². The fraction of sp³-hybridized carbons (Fsp3) is 0.571. The molecular formula is C14H21BrN2O3S. The highest BCUT2D eigenvalue weighted by atomic mass is 79.9. The summed E-state index contributed by atoms with van der Waals surface area (Å²) in [5.41, 5.74) is 1.69. The first-order valence-corrected chi connectivity index (χ1v) is 9.21. The van der Waals surface area contributed by atoms with Crippen LogP contribution in [0.15, 0.2) is 21.5 Å². The lowest BCUT2D eigenvalue weighted by Gasteiger charge is -2.21. The van der Waals surface area contributed by atoms with E-state index < -0.39 is 10.0 Å². The van der Waals surface area contributed by atoms with Crippen molar-refractivity contribution in [3.63, 3.8) is 0 Å². The van der Waals surface area contributed by atoms with Crippen LogP contribution in [0.25, 0.3) is 0 Å². The molecule has 0 radical (unpaired) electrons. The summed E-state index contributed by atoms with van der Waals surface area (Å²) in [5, 5.41) is 3.05. The van der Waals surface area contributed by atoms with E-state index in [1.54, 1.807) is 6.07 Å². The fourth-order valence-corrected chi connectivity index (χ4v) is 4.78. The molecule has 0 saturated carbocycles. The topological polar surface area (TPSA) is 58.6 Å². The summed E-state index contributed by atoms with van der Waals surface area (Å²) in [7, 11) is -1.64. The number of hydrogen-bond donors (Lipinski definition) is 1. The maximum atomic E-state index is 12.9. The van der Waals surface area contributed by atoms with Crippen LogP contribution in [-0.4, -0.2) is 46.1 Å². The van der Waals surface area contributed by atoms with Gasteiger partial charge in [-0.15, -0.1) is 0 Å². The summed E-state index contributed by atoms with van der Waals surface area (Å²) in [5.74, 6) is 0. The van der Waals surface area contributed by atoms with E-state index in [1.807, 2.05) is 20.0 Å². The lowest BCUT2D eigenvalue weighted by Crippen LogP contribution is -2.33. The van der Waals surface area contributed by atoms with E-state index >= 15 is 0 Å². The van der Waals surface area contributed by atoms with Gasteiger partial charge in [-0.25, -0.2) is 8.42 Å². The molecule has 1 fully saturated rings. The average molecular weight is 377 g/mol. The van der Waals surface area contributed by atoms with Crippen molar-refractivity contribution in [3.05, 3.63) is 27.7 Å². The Morgan fingerprint density at radius 2 is 2.10 bits per heavy atom. The maximum Gasteiger partial charge on any atom is 0.243 e. The Kier molecular flexibility index (Phi) is 5.79. The second-order valence-corrected chi connectivity index (χ2v) is 7.86. The van der Waals surface area contributed by atoms with E-state index in [-0.39, 0.29) is 0 Å². The Morgan fingerprint density at radius 3 is 2.81 bits per heavy atom. The number of sulfonamides is 1. The third-order valence-electron chi connectivity index (χ3n) is 3.54. The Balaban J connectivity index is 2.42. The van der Waals surface area contributed by atoms with Crippen LogP contribution in [-0.2, 0) is 21.3 Å². The lowest BCUT2D eigenvalue weighted by molar-refractivity contribution is 0.148. The molecule has 7 heteroatoms. The first kappa shape index (κ1) is 16.9. The summed E-state index contributed by atoms with van der Waals surface area (Å²) >= 11 is 3.46. The van der Waals surface area contributed by atoms with Gasteiger partial charge >= 0.3 is 0 Å². The van der Waals surface area contributed by atoms with Crippen LogP contribution in [0.5, 0.6) is 0 Å². The Labute approximate surface area is 134 Å². The van der Waals surface area contributed by atoms with Crippen LogP contribution < -0.4 is 5.32 Å². The normalized spacial score (nSPS) is 17.7. The summed E-state index contributed by atoms with van der Waals surface area (Å²) in [4.78, 5) is 0.379. The maximum absolute atomic E-state index is 12.9. The third-order valence-corrected chi connectivity index (χ3v) is 6.38. The van der Waals surface area contributed by atoms with Gasteiger partial charge in [0.15, 0.2) is 0 Å². The fourth-order valence-electron chi connectivity index (χ4n) is 2.38. The molecular weight excluding hydrogens is 356 g/mol. The van der Waals surface area contributed by atoms with Gasteiger partial charge in [-0.2, -0.15) is 4.31 Å². The van der Waals surface area contributed by atoms with Crippen molar-refractivity contribution in [3.8, 4) is 0 Å². The van der Waals surface area contributed by atoms with E-state index in [2.05, 4.69) is 21.2 Å². The van der Waals surface area contributed by atoms with Gasteiger partial charge in [-0.1, -0.05) is 15.9 Å². The minimum absolute atomic E-state index is 0.379. The van der Waals surface area contributed by atoms with E-state index in [0.29, 0.717) is 37.7 Å². The van der Waals surface area contributed by atoms with E-state index in [0.717, 1.165) is 22.0 Å². The first-order valence-electron chi connectivity index (χ1n) is 6.98. The predicted molar refractivity (Wildman–Crippen MR) is 85.8 cm³/mol. The highest BCUT2D eigenvalue weighted by Gasteiger charge is 2.27. The Morgan fingerprint density at radius 1 is 1.33 bits per heavy atom. The number of rotatable bonds is 4. The van der Waals surface area contributed by atoms with Gasteiger partial charge in [-0.05, 0) is 43.7 Å². The molecule has 0 bridgehead atoms. The molecule has 0 aromatic heterocycles. The number of benzene rings is 1. The van der Waals surface area contributed by atoms with E-state index in [9.17, 15) is 8.42 Å². The number of nitrogens with zero attached hydrogens (tertiary/aromatic N) is 1. The van der Waals surface area contributed by atoms with Gasteiger partial charge in [0.2, 0.25) is 10.0 Å². The van der Waals surface area contributed by atoms with Crippen molar-refractivity contribution >= 4 is 26.0 Å². The molecule has 1 aliphatic rings. The highest BCUT2D eigenvalue weighted by molar-refractivity contribution is 9.10. The Bertz CT molecular complexity index is 596. The molecule has 0 amide bonds. The number of ether oxygens (including phenoxy) is 1. The van der Waals surface area contributed by atoms with Crippen molar-refractivity contribution in [2.45, 2.75) is 24.8 Å². The lowest BCUT2D eigenvalue weighted by atomic mass is 10.1. The minimum atomic E-state index is -3.48. The smallest absolute Gasteiger partial charge is 0.243 e. The van der Waals surface area contributed by atoms with E-state index in [4.69, 9.17) is 4.74 Å². The zero-order chi connectivity index (χ0) is 15.5. The van der Waals surface area contributed by atoms with Crippen molar-refractivity contribution < 1.29 is 13.2 Å². The average Bonchev–Trinajstić information content (AvgIpc) is 2.72. The third kappa shape index (κ3) is 3.84. The molecule has 0 unspecified atom stereocenters. The van der Waals surface area contributed by atoms with Crippen LogP contribution >= 0.6 is 15.9 Å². The second kappa shape index (κ2) is 7.19. The van der Waals surface area contributed by atoms with Gasteiger partial charge in [0.1, 0.15) is 0 Å². The van der Waals surface area contributed by atoms with Gasteiger partial charge in [0.25, 0.3) is 0 Å². The summed E-state index contributed by atoms with van der Waals surface area (Å²) in [6, 6.07) is 3.72. The van der Waals surface area contributed by atoms with Crippen LogP contribution in [0, 0.1) is 6.92 Å². The van der Waals surface area contributed by atoms with Gasteiger partial charge in [-0.3, -0.25) is 0 Å². The highest BCUT2D eigenvalue weighted by Crippen LogP contribution is 2.28. The molecule has 118 valence electrons. The van der Waals surface area contributed by atoms with Crippen molar-refractivity contribution in [1.82, 2.24) is 9.62 Å². The zero-order valence-corrected chi connectivity index (χ0v) is 14.8. The molecule has 2 rings (SSSR count). The molecule has 21 heavy (non-hydrogen) atoms. The van der Waals surface area contributed by atoms with Gasteiger partial charge in [0, 0.05) is 30.7 Å². The molecule has 1 aliphatic heterocycles. The van der Waals surface area contributed by atoms with Crippen molar-refractivity contribution in [2.24, 2.45) is 0 Å². The van der Waals surface area contributed by atoms with Crippen LogP contribution in [0.4, 0.5) is 0 Å². The van der Waals surface area contributed by atoms with E-state index in [1.165, 1.54) is 4.31 Å². The second-order valence-electron chi connectivity index (χ2n) is 5.10. The Hall–Kier alpha value is -0.470. The number of nitrogens with one attached hydrogen (secondary N) is 1. The number of halogens is 1. The minimum Gasteiger partial charge on any atom is -0.380 e. The van der Waals surface area contributed by atoms with Crippen molar-refractivity contribution in [1.29, 1.82) is 0 Å². The summed E-state index contributed by atoms with van der Waals surface area (Å²) in [6.45, 7) is 4.45. The monoisotopic (exact) mass is 376 g/mol. The zero-order valence-electron chi connectivity index (χ0n) is 12.4. The summed E-state index contributed by atoms with van der Waals surface area (Å²) < 4.78 is 33.5. The molecule has 5 nitrogen and oxygen atoms in total. The molecule has 0 spiro atoms. The van der Waals surface area contributed by atoms with Crippen LogP contribution in [0.3, 0.4) is 0 Å². The van der Waals surface area contributed by atoms with Crippen molar-refractivity contribution in [2.75, 3.05) is 33.4 Å². The quantitative estimate of drug-likeness (QED) is 0.871. The van der Waals surface area contributed by atoms with Crippen LogP contribution in [0.2, 0.25) is 0 Å². The standard InChI is InChI=1S/C14H21BrN2O3S/c1-11-13(15)8-12(10-16-2)9-14(11)21(18,19)17-4-3-6-20-7-5-17/h8-9,16H,3-7,10H2,1-2H3. The summed E-state index contributed by atoms with van der Waals surface area (Å²) in [6.07, 6.45) is 0.732. The van der Waals surface area contributed by atoms with Gasteiger partial charge < -0.3 is 10.1 Å². The molecule has 1 saturated heterocycles. The molecule has 0 aliphatic carbocycles. The van der Waals surface area contributed by atoms with Crippen LogP contribution in [0.1, 0.15) is 17.5 Å². The molecule has 1 aromatic rings. The predicted octanol–water partition coefficient (Wildman–Crippen LogP) is 1.89. The first-order chi connectivity index (χ1) is 9.96. The molecule has 1 N–H and O–H groups in total. The SMILES string of the molecule is CNCc1cc(Br)c(C)c(S(=O)(=O)N2CCCOCC2)c1. The molecule has 1 aromatic carbocycles. The largest absolute Gasteiger partial charge is 0.380 e. The number of hydrogen-bond acceptors (Lipinski definition) is 4. The molecule has 1 heterocycles. The molecule has 0 atom stereocenters.